The van der Waals surface area contributed by atoms with Crippen molar-refractivity contribution < 1.29 is 9.59 Å². The predicted molar refractivity (Wildman–Crippen MR) is 80.9 cm³/mol. The fraction of sp³-hybridized carbons (Fsp3) is 0.875. The molecule has 0 radical (unpaired) electrons. The van der Waals surface area contributed by atoms with Gasteiger partial charge in [-0.05, 0) is 38.5 Å². The van der Waals surface area contributed by atoms with Gasteiger partial charge in [0.1, 0.15) is 5.54 Å². The zero-order chi connectivity index (χ0) is 15.2. The molecule has 3 heterocycles. The van der Waals surface area contributed by atoms with E-state index in [0.717, 1.165) is 51.9 Å². The Morgan fingerprint density at radius 3 is 2.43 bits per heavy atom. The van der Waals surface area contributed by atoms with Crippen molar-refractivity contribution in [3.05, 3.63) is 0 Å². The highest BCUT2D eigenvalue weighted by atomic mass is 16.2. The van der Waals surface area contributed by atoms with E-state index in [1.54, 1.807) is 9.80 Å². The van der Waals surface area contributed by atoms with E-state index in [9.17, 15) is 9.59 Å². The third-order valence-electron chi connectivity index (χ3n) is 5.30. The Labute approximate surface area is 127 Å². The van der Waals surface area contributed by atoms with E-state index < -0.39 is 5.54 Å². The molecule has 1 atom stereocenters. The summed E-state index contributed by atoms with van der Waals surface area (Å²) in [4.78, 5) is 31.2. The summed E-state index contributed by atoms with van der Waals surface area (Å²) in [5, 5.41) is 0. The molecule has 5 heteroatoms. The Kier molecular flexibility index (Phi) is 3.72. The third-order valence-corrected chi connectivity index (χ3v) is 5.30. The van der Waals surface area contributed by atoms with Gasteiger partial charge in [-0.15, -0.1) is 0 Å². The number of urea groups is 1. The lowest BCUT2D eigenvalue weighted by molar-refractivity contribution is -0.134. The van der Waals surface area contributed by atoms with Crippen molar-refractivity contribution >= 4 is 11.9 Å². The quantitative estimate of drug-likeness (QED) is 0.747. The first-order chi connectivity index (χ1) is 9.93. The second-order valence-corrected chi connectivity index (χ2v) is 7.41. The molecule has 0 aromatic carbocycles. The summed E-state index contributed by atoms with van der Waals surface area (Å²) in [5.41, 5.74) is -0.549. The van der Waals surface area contributed by atoms with E-state index in [-0.39, 0.29) is 18.0 Å². The van der Waals surface area contributed by atoms with Gasteiger partial charge < -0.3 is 9.80 Å². The number of carbonyl (C=O) groups excluding carboxylic acids is 2. The van der Waals surface area contributed by atoms with Crippen LogP contribution in [0.15, 0.2) is 0 Å². The Morgan fingerprint density at radius 2 is 1.86 bits per heavy atom. The van der Waals surface area contributed by atoms with E-state index in [0.29, 0.717) is 5.92 Å². The molecule has 3 amide bonds. The summed E-state index contributed by atoms with van der Waals surface area (Å²) in [6.45, 7) is 10.2. The molecule has 0 aromatic heterocycles. The molecule has 3 fully saturated rings. The number of nitrogens with zero attached hydrogens (tertiary/aromatic N) is 3. The highest BCUT2D eigenvalue weighted by Crippen LogP contribution is 2.39. The minimum atomic E-state index is -0.549. The van der Waals surface area contributed by atoms with Crippen molar-refractivity contribution in [2.24, 2.45) is 5.92 Å². The molecule has 0 unspecified atom stereocenters. The van der Waals surface area contributed by atoms with E-state index >= 15 is 0 Å². The molecule has 0 bridgehead atoms. The molecule has 0 aromatic rings. The predicted octanol–water partition coefficient (Wildman–Crippen LogP) is 1.92. The number of fused-ring (bicyclic) bond motifs is 1. The first kappa shape index (κ1) is 14.8. The molecule has 21 heavy (non-hydrogen) atoms. The zero-order valence-corrected chi connectivity index (χ0v) is 13.5. The minimum Gasteiger partial charge on any atom is -0.310 e. The molecule has 0 aliphatic carbocycles. The lowest BCUT2D eigenvalue weighted by Gasteiger charge is -2.36. The molecule has 5 nitrogen and oxygen atoms in total. The standard InChI is InChI=1S/C16H27N3O2/c1-12(2)11-17-9-5-13(6-10-17)19-14(20)16(3)7-4-8-18(16)15(19)21/h12-13H,4-11H2,1-3H3/t16-/m0/s1. The van der Waals surface area contributed by atoms with Crippen LogP contribution in [0.5, 0.6) is 0 Å². The summed E-state index contributed by atoms with van der Waals surface area (Å²) in [7, 11) is 0. The molecule has 3 aliphatic rings. The maximum absolute atomic E-state index is 12.7. The van der Waals surface area contributed by atoms with Gasteiger partial charge in [0.25, 0.3) is 5.91 Å². The van der Waals surface area contributed by atoms with Crippen molar-refractivity contribution in [1.29, 1.82) is 0 Å². The topological polar surface area (TPSA) is 43.9 Å². The molecule has 0 saturated carbocycles. The molecular weight excluding hydrogens is 266 g/mol. The van der Waals surface area contributed by atoms with E-state index in [1.807, 2.05) is 6.92 Å². The van der Waals surface area contributed by atoms with Crippen molar-refractivity contribution in [1.82, 2.24) is 14.7 Å². The molecule has 3 aliphatic heterocycles. The number of amides is 3. The summed E-state index contributed by atoms with van der Waals surface area (Å²) in [5.74, 6) is 0.716. The second kappa shape index (κ2) is 5.27. The van der Waals surface area contributed by atoms with Crippen LogP contribution in [0.4, 0.5) is 4.79 Å². The average Bonchev–Trinajstić information content (AvgIpc) is 2.90. The van der Waals surface area contributed by atoms with E-state index in [1.165, 1.54) is 0 Å². The highest BCUT2D eigenvalue weighted by molar-refractivity contribution is 6.07. The number of carbonyl (C=O) groups is 2. The smallest absolute Gasteiger partial charge is 0.310 e. The van der Waals surface area contributed by atoms with Crippen LogP contribution in [-0.4, -0.2) is 64.4 Å². The molecule has 3 rings (SSSR count). The van der Waals surface area contributed by atoms with E-state index in [4.69, 9.17) is 0 Å². The van der Waals surface area contributed by atoms with Gasteiger partial charge in [-0.2, -0.15) is 0 Å². The second-order valence-electron chi connectivity index (χ2n) is 7.41. The third kappa shape index (κ3) is 2.35. The fourth-order valence-corrected chi connectivity index (χ4v) is 4.17. The monoisotopic (exact) mass is 293 g/mol. The Balaban J connectivity index is 1.66. The molecule has 0 spiro atoms. The number of piperidine rings is 1. The van der Waals surface area contributed by atoms with Crippen LogP contribution >= 0.6 is 0 Å². The van der Waals surface area contributed by atoms with Gasteiger partial charge in [0.05, 0.1) is 0 Å². The van der Waals surface area contributed by atoms with Gasteiger partial charge in [-0.3, -0.25) is 9.69 Å². The van der Waals surface area contributed by atoms with Gasteiger partial charge in [0, 0.05) is 32.2 Å². The van der Waals surface area contributed by atoms with Crippen LogP contribution in [0.2, 0.25) is 0 Å². The molecule has 3 saturated heterocycles. The van der Waals surface area contributed by atoms with Crippen LogP contribution in [0.3, 0.4) is 0 Å². The Bertz CT molecular complexity index is 443. The SMILES string of the molecule is CC(C)CN1CCC(N2C(=O)N3CCC[C@@]3(C)C2=O)CC1. The van der Waals surface area contributed by atoms with Crippen LogP contribution in [0, 0.1) is 5.92 Å². The molecule has 0 N–H and O–H groups in total. The largest absolute Gasteiger partial charge is 0.327 e. The van der Waals surface area contributed by atoms with E-state index in [2.05, 4.69) is 18.7 Å². The van der Waals surface area contributed by atoms with Gasteiger partial charge in [-0.25, -0.2) is 4.79 Å². The maximum atomic E-state index is 12.7. The summed E-state index contributed by atoms with van der Waals surface area (Å²) >= 11 is 0. The minimum absolute atomic E-state index is 0.0395. The normalized spacial score (nSPS) is 31.6. The van der Waals surface area contributed by atoms with Gasteiger partial charge in [-0.1, -0.05) is 13.8 Å². The van der Waals surface area contributed by atoms with Gasteiger partial charge in [0.15, 0.2) is 0 Å². The van der Waals surface area contributed by atoms with Crippen molar-refractivity contribution in [2.45, 2.75) is 58.0 Å². The van der Waals surface area contributed by atoms with Crippen LogP contribution in [0.1, 0.15) is 46.5 Å². The highest BCUT2D eigenvalue weighted by Gasteiger charge is 2.57. The maximum Gasteiger partial charge on any atom is 0.327 e. The summed E-state index contributed by atoms with van der Waals surface area (Å²) in [6, 6.07) is 0.0677. The fourth-order valence-electron chi connectivity index (χ4n) is 4.17. The molecule has 118 valence electrons. The average molecular weight is 293 g/mol. The lowest BCUT2D eigenvalue weighted by atomic mass is 9.97. The Hall–Kier alpha value is -1.10. The number of hydrogen-bond acceptors (Lipinski definition) is 3. The summed E-state index contributed by atoms with van der Waals surface area (Å²) < 4.78 is 0. The lowest BCUT2D eigenvalue weighted by Crippen LogP contribution is -2.49. The van der Waals surface area contributed by atoms with Crippen molar-refractivity contribution in [3.8, 4) is 0 Å². The van der Waals surface area contributed by atoms with Crippen LogP contribution in [-0.2, 0) is 4.79 Å². The first-order valence-electron chi connectivity index (χ1n) is 8.31. The first-order valence-corrected chi connectivity index (χ1v) is 8.31. The van der Waals surface area contributed by atoms with Gasteiger partial charge >= 0.3 is 6.03 Å². The van der Waals surface area contributed by atoms with Crippen LogP contribution < -0.4 is 0 Å². The number of likely N-dealkylation sites (tertiary alicyclic amines) is 1. The van der Waals surface area contributed by atoms with Crippen LogP contribution in [0.25, 0.3) is 0 Å². The Morgan fingerprint density at radius 1 is 1.19 bits per heavy atom. The zero-order valence-electron chi connectivity index (χ0n) is 13.5. The number of rotatable bonds is 3. The molecular formula is C16H27N3O2. The van der Waals surface area contributed by atoms with Gasteiger partial charge in [0.2, 0.25) is 0 Å². The summed E-state index contributed by atoms with van der Waals surface area (Å²) in [6.07, 6.45) is 3.62. The number of imide groups is 1. The number of hydrogen-bond donors (Lipinski definition) is 0. The van der Waals surface area contributed by atoms with Crippen molar-refractivity contribution in [2.75, 3.05) is 26.2 Å². The van der Waals surface area contributed by atoms with Crippen molar-refractivity contribution in [3.63, 3.8) is 0 Å².